The summed E-state index contributed by atoms with van der Waals surface area (Å²) in [6.45, 7) is 3.77. The molecule has 2 saturated carbocycles. The highest BCUT2D eigenvalue weighted by atomic mass is 32.2. The number of piperidine rings is 1. The van der Waals surface area contributed by atoms with Crippen LogP contribution >= 0.6 is 11.9 Å². The van der Waals surface area contributed by atoms with Crippen molar-refractivity contribution in [3.63, 3.8) is 0 Å². The number of nitrogens with zero attached hydrogens (tertiary/aromatic N) is 3. The van der Waals surface area contributed by atoms with Gasteiger partial charge in [0.2, 0.25) is 5.92 Å². The number of hydrogen-bond donors (Lipinski definition) is 2. The molecule has 0 atom stereocenters. The Balaban J connectivity index is 1.33. The lowest BCUT2D eigenvalue weighted by Gasteiger charge is -2.35. The largest absolute Gasteiger partial charge is 0.465 e. The van der Waals surface area contributed by atoms with E-state index in [9.17, 15) is 23.2 Å². The molecule has 3 aliphatic rings. The second kappa shape index (κ2) is 11.8. The molecule has 1 saturated heterocycles. The third-order valence-electron chi connectivity index (χ3n) is 8.15. The third kappa shape index (κ3) is 6.76. The topological polar surface area (TPSA) is 106 Å². The number of alkyl halides is 2. The summed E-state index contributed by atoms with van der Waals surface area (Å²) in [6.07, 6.45) is 4.41. The van der Waals surface area contributed by atoms with E-state index < -0.39 is 12.0 Å². The summed E-state index contributed by atoms with van der Waals surface area (Å²) in [5.74, 6) is -3.06. The van der Waals surface area contributed by atoms with Crippen molar-refractivity contribution in [1.82, 2.24) is 9.78 Å². The minimum Gasteiger partial charge on any atom is -0.465 e. The summed E-state index contributed by atoms with van der Waals surface area (Å²) >= 11 is 1.22. The van der Waals surface area contributed by atoms with Gasteiger partial charge in [-0.15, -0.1) is 0 Å². The highest BCUT2D eigenvalue weighted by molar-refractivity contribution is 8.01. The predicted molar refractivity (Wildman–Crippen MR) is 151 cm³/mol. The number of esters is 1. The minimum absolute atomic E-state index is 0.150. The van der Waals surface area contributed by atoms with Gasteiger partial charge in [0, 0.05) is 37.7 Å². The molecule has 0 bridgehead atoms. The maximum atomic E-state index is 13.6. The van der Waals surface area contributed by atoms with E-state index in [1.165, 1.54) is 41.6 Å². The molecule has 2 aromatic rings. The van der Waals surface area contributed by atoms with Gasteiger partial charge < -0.3 is 19.7 Å². The molecule has 1 aliphatic heterocycles. The summed E-state index contributed by atoms with van der Waals surface area (Å²) < 4.78 is 36.6. The number of rotatable bonds is 9. The van der Waals surface area contributed by atoms with Gasteiger partial charge in [0.1, 0.15) is 5.75 Å². The van der Waals surface area contributed by atoms with Crippen molar-refractivity contribution in [2.75, 3.05) is 40.4 Å². The molecule has 12 heteroatoms. The molecule has 3 fully saturated rings. The molecule has 0 radical (unpaired) electrons. The van der Waals surface area contributed by atoms with Crippen LogP contribution in [0.5, 0.6) is 0 Å². The first-order chi connectivity index (χ1) is 19.2. The Morgan fingerprint density at radius 3 is 2.48 bits per heavy atom. The molecular formula is C28H35F2N5O4S. The van der Waals surface area contributed by atoms with Gasteiger partial charge in [0.15, 0.2) is 5.82 Å². The molecule has 216 valence electrons. The highest BCUT2D eigenvalue weighted by Gasteiger charge is 2.44. The molecule has 1 spiro atoms. The van der Waals surface area contributed by atoms with E-state index >= 15 is 0 Å². The van der Waals surface area contributed by atoms with Gasteiger partial charge in [-0.3, -0.25) is 14.4 Å². The zero-order valence-electron chi connectivity index (χ0n) is 22.6. The molecule has 1 aromatic carbocycles. The van der Waals surface area contributed by atoms with E-state index in [1.54, 1.807) is 19.1 Å². The predicted octanol–water partition coefficient (Wildman–Crippen LogP) is 5.25. The Kier molecular flexibility index (Phi) is 8.34. The molecule has 1 aromatic heterocycles. The molecule has 1 amide bonds. The van der Waals surface area contributed by atoms with Crippen LogP contribution in [0.2, 0.25) is 0 Å². The number of anilines is 3. The molecule has 5 rings (SSSR count). The number of aromatic nitrogens is 2. The smallest absolute Gasteiger partial charge is 0.317 e. The van der Waals surface area contributed by atoms with Crippen molar-refractivity contribution in [3.05, 3.63) is 46.2 Å². The Hall–Kier alpha value is -3.15. The maximum Gasteiger partial charge on any atom is 0.317 e. The fourth-order valence-electron chi connectivity index (χ4n) is 5.54. The van der Waals surface area contributed by atoms with Crippen LogP contribution in [-0.4, -0.2) is 53.0 Å². The van der Waals surface area contributed by atoms with Crippen molar-refractivity contribution < 1.29 is 23.1 Å². The molecule has 0 unspecified atom stereocenters. The molecule has 2 aliphatic carbocycles. The molecular weight excluding hydrogens is 540 g/mol. The average Bonchev–Trinajstić information content (AvgIpc) is 3.69. The molecule has 40 heavy (non-hydrogen) atoms. The van der Waals surface area contributed by atoms with Crippen LogP contribution < -0.4 is 20.5 Å². The number of halogens is 2. The van der Waals surface area contributed by atoms with Crippen LogP contribution in [0, 0.1) is 5.41 Å². The van der Waals surface area contributed by atoms with E-state index in [0.717, 1.165) is 37.3 Å². The van der Waals surface area contributed by atoms with Gasteiger partial charge in [-0.2, -0.15) is 5.10 Å². The summed E-state index contributed by atoms with van der Waals surface area (Å²) in [6, 6.07) is 7.74. The van der Waals surface area contributed by atoms with Gasteiger partial charge >= 0.3 is 5.97 Å². The van der Waals surface area contributed by atoms with E-state index in [0.29, 0.717) is 17.6 Å². The van der Waals surface area contributed by atoms with Crippen LogP contribution in [0.15, 0.2) is 35.1 Å². The molecule has 2 N–H and O–H groups in total. The first-order valence-electron chi connectivity index (χ1n) is 13.9. The van der Waals surface area contributed by atoms with Gasteiger partial charge in [-0.1, -0.05) is 0 Å². The van der Waals surface area contributed by atoms with Crippen molar-refractivity contribution in [2.24, 2.45) is 5.41 Å². The summed E-state index contributed by atoms with van der Waals surface area (Å²) in [5, 5.41) is 7.13. The zero-order valence-corrected chi connectivity index (χ0v) is 23.4. The first-order valence-corrected chi connectivity index (χ1v) is 14.9. The Morgan fingerprint density at radius 2 is 1.80 bits per heavy atom. The lowest BCUT2D eigenvalue weighted by Crippen LogP contribution is -2.36. The lowest BCUT2D eigenvalue weighted by atomic mass is 9.92. The quantitative estimate of drug-likeness (QED) is 0.309. The minimum atomic E-state index is -2.71. The van der Waals surface area contributed by atoms with Crippen LogP contribution in [0.1, 0.15) is 74.7 Å². The number of amides is 1. The summed E-state index contributed by atoms with van der Waals surface area (Å²) in [4.78, 5) is 39.9. The summed E-state index contributed by atoms with van der Waals surface area (Å²) in [5.41, 5.74) is 2.08. The number of hydrogen-bond acceptors (Lipinski definition) is 8. The van der Waals surface area contributed by atoms with Crippen molar-refractivity contribution in [1.29, 1.82) is 0 Å². The fraction of sp³-hybridized carbons (Fsp3) is 0.571. The number of carbonyl (C=O) groups excluding carboxylic acids is 2. The van der Waals surface area contributed by atoms with Crippen LogP contribution in [-0.2, 0) is 9.53 Å². The summed E-state index contributed by atoms with van der Waals surface area (Å²) in [7, 11) is 0. The van der Waals surface area contributed by atoms with E-state index in [1.807, 2.05) is 6.07 Å². The van der Waals surface area contributed by atoms with Crippen LogP contribution in [0.4, 0.5) is 26.0 Å². The van der Waals surface area contributed by atoms with Crippen molar-refractivity contribution in [2.45, 2.75) is 70.3 Å². The van der Waals surface area contributed by atoms with Gasteiger partial charge in [0.05, 0.1) is 23.9 Å². The van der Waals surface area contributed by atoms with E-state index in [2.05, 4.69) is 20.0 Å². The standard InChI is InChI=1S/C28H35F2N5O4S/c1-2-39-25(37)18-40-33-19-3-4-21(22(17-19)34-15-13-27(11-12-27)14-16-34)26(38)31-23-5-6-24(36)35(32-23)20-7-9-28(29,30)10-8-20/h3-6,17,20,33H,2,7-16,18H2,1H3,(H,31,32,38). The van der Waals surface area contributed by atoms with Crippen molar-refractivity contribution >= 4 is 41.0 Å². The maximum absolute atomic E-state index is 13.6. The average molecular weight is 576 g/mol. The lowest BCUT2D eigenvalue weighted by molar-refractivity contribution is -0.139. The Bertz CT molecular complexity index is 1300. The Labute approximate surface area is 236 Å². The second-order valence-electron chi connectivity index (χ2n) is 11.0. The number of carbonyl (C=O) groups is 2. The third-order valence-corrected chi connectivity index (χ3v) is 8.91. The Morgan fingerprint density at radius 1 is 1.07 bits per heavy atom. The molecule has 2 heterocycles. The number of nitrogens with one attached hydrogen (secondary N) is 2. The van der Waals surface area contributed by atoms with Crippen LogP contribution in [0.3, 0.4) is 0 Å². The SMILES string of the molecule is CCOC(=O)CSNc1ccc(C(=O)Nc2ccc(=O)n(C3CCC(F)(F)CC3)n2)c(N2CCC3(CC2)CC3)c1. The fourth-order valence-corrected chi connectivity index (χ4v) is 6.10. The number of ether oxygens (including phenoxy) is 1. The zero-order chi connectivity index (χ0) is 28.3. The van der Waals surface area contributed by atoms with Crippen LogP contribution in [0.25, 0.3) is 0 Å². The van der Waals surface area contributed by atoms with E-state index in [-0.39, 0.29) is 54.7 Å². The normalized spacial score (nSPS) is 19.7. The van der Waals surface area contributed by atoms with Gasteiger partial charge in [-0.25, -0.2) is 13.5 Å². The first kappa shape index (κ1) is 28.4. The second-order valence-corrected chi connectivity index (χ2v) is 11.7. The molecule has 9 nitrogen and oxygen atoms in total. The monoisotopic (exact) mass is 575 g/mol. The van der Waals surface area contributed by atoms with Gasteiger partial charge in [0.25, 0.3) is 11.5 Å². The van der Waals surface area contributed by atoms with Crippen molar-refractivity contribution in [3.8, 4) is 0 Å². The van der Waals surface area contributed by atoms with E-state index in [4.69, 9.17) is 4.74 Å². The van der Waals surface area contributed by atoms with Gasteiger partial charge in [-0.05, 0) is 87.1 Å². The highest BCUT2D eigenvalue weighted by Crippen LogP contribution is 2.54. The number of benzene rings is 1.